The summed E-state index contributed by atoms with van der Waals surface area (Å²) >= 11 is 0. The van der Waals surface area contributed by atoms with Gasteiger partial charge in [-0.05, 0) is 80.3 Å². The minimum absolute atomic E-state index is 0.259. The first-order valence-electron chi connectivity index (χ1n) is 10.4. The van der Waals surface area contributed by atoms with Crippen LogP contribution in [-0.2, 0) is 12.8 Å². The number of benzene rings is 1. The number of pyridine rings is 1. The van der Waals surface area contributed by atoms with E-state index >= 15 is 0 Å². The monoisotopic (exact) mass is 361 g/mol. The summed E-state index contributed by atoms with van der Waals surface area (Å²) in [7, 11) is 0. The third kappa shape index (κ3) is 3.33. The largest absolute Gasteiger partial charge is 0.371 e. The number of fused-ring (bicyclic) bond motifs is 1. The summed E-state index contributed by atoms with van der Waals surface area (Å²) in [4.78, 5) is 22.2. The number of carbonyl (C=O) groups is 1. The highest BCUT2D eigenvalue weighted by molar-refractivity contribution is 5.95. The molecule has 27 heavy (non-hydrogen) atoms. The molecule has 4 nitrogen and oxygen atoms in total. The first-order chi connectivity index (χ1) is 13.3. The number of aryl methyl sites for hydroxylation is 2. The van der Waals surface area contributed by atoms with Gasteiger partial charge in [0, 0.05) is 48.8 Å². The summed E-state index contributed by atoms with van der Waals surface area (Å²) in [5.74, 6) is 0.259. The number of aromatic nitrogens is 1. The van der Waals surface area contributed by atoms with E-state index in [-0.39, 0.29) is 5.91 Å². The van der Waals surface area contributed by atoms with Gasteiger partial charge in [-0.2, -0.15) is 0 Å². The molecule has 3 aliphatic rings. The number of rotatable bonds is 4. The molecular formula is C23H27N3O. The molecule has 0 unspecified atom stereocenters. The molecule has 1 saturated carbocycles. The maximum Gasteiger partial charge on any atom is 0.254 e. The van der Waals surface area contributed by atoms with Crippen molar-refractivity contribution >= 4 is 11.6 Å². The van der Waals surface area contributed by atoms with Crippen LogP contribution in [0.1, 0.15) is 53.6 Å². The average Bonchev–Trinajstić information content (AvgIpc) is 3.44. The highest BCUT2D eigenvalue weighted by atomic mass is 16.2. The van der Waals surface area contributed by atoms with Crippen molar-refractivity contribution in [3.8, 4) is 0 Å². The Balaban J connectivity index is 1.31. The lowest BCUT2D eigenvalue weighted by Crippen LogP contribution is -2.48. The second-order valence-electron chi connectivity index (χ2n) is 8.20. The molecule has 1 aromatic carbocycles. The summed E-state index contributed by atoms with van der Waals surface area (Å²) in [5, 5.41) is 0. The average molecular weight is 361 g/mol. The molecule has 0 spiro atoms. The molecule has 0 bridgehead atoms. The number of hydrogen-bond acceptors (Lipinski definition) is 3. The smallest absolute Gasteiger partial charge is 0.254 e. The van der Waals surface area contributed by atoms with E-state index in [1.165, 1.54) is 42.5 Å². The predicted molar refractivity (Wildman–Crippen MR) is 107 cm³/mol. The van der Waals surface area contributed by atoms with E-state index in [1.807, 2.05) is 12.4 Å². The normalized spacial score (nSPS) is 19.8. The van der Waals surface area contributed by atoms with E-state index in [2.05, 4.69) is 45.1 Å². The van der Waals surface area contributed by atoms with Crippen LogP contribution in [0.25, 0.3) is 0 Å². The molecule has 1 aromatic heterocycles. The Hall–Kier alpha value is -2.36. The molecule has 2 fully saturated rings. The van der Waals surface area contributed by atoms with Gasteiger partial charge in [-0.15, -0.1) is 0 Å². The van der Waals surface area contributed by atoms with Crippen LogP contribution in [-0.4, -0.2) is 41.0 Å². The number of nitrogens with zero attached hydrogens (tertiary/aromatic N) is 3. The first kappa shape index (κ1) is 16.8. The second-order valence-corrected chi connectivity index (χ2v) is 8.20. The number of anilines is 1. The Labute approximate surface area is 161 Å². The van der Waals surface area contributed by atoms with Gasteiger partial charge in [-0.1, -0.05) is 6.07 Å². The van der Waals surface area contributed by atoms with E-state index in [0.717, 1.165) is 37.9 Å². The summed E-state index contributed by atoms with van der Waals surface area (Å²) < 4.78 is 0. The minimum Gasteiger partial charge on any atom is -0.371 e. The Morgan fingerprint density at radius 3 is 2.37 bits per heavy atom. The number of amides is 1. The van der Waals surface area contributed by atoms with E-state index in [1.54, 1.807) is 0 Å². The van der Waals surface area contributed by atoms with Gasteiger partial charge in [0.2, 0.25) is 0 Å². The standard InChI is InChI=1S/C23H27N3O/c27-23(19-5-4-17-2-1-3-18(17)16-19)26(21-6-7-21)22-10-14-25(15-11-22)20-8-12-24-13-9-20/h4-5,8-9,12-13,16,21-22H,1-3,6-7,10-11,14-15H2. The highest BCUT2D eigenvalue weighted by Gasteiger charge is 2.39. The van der Waals surface area contributed by atoms with Crippen molar-refractivity contribution in [2.24, 2.45) is 0 Å². The fourth-order valence-electron chi connectivity index (χ4n) is 4.79. The molecule has 0 radical (unpaired) electrons. The quantitative estimate of drug-likeness (QED) is 0.830. The van der Waals surface area contributed by atoms with Crippen LogP contribution in [0.5, 0.6) is 0 Å². The fourth-order valence-corrected chi connectivity index (χ4v) is 4.79. The van der Waals surface area contributed by atoms with E-state index in [0.29, 0.717) is 12.1 Å². The van der Waals surface area contributed by atoms with Crippen molar-refractivity contribution in [1.82, 2.24) is 9.88 Å². The first-order valence-corrected chi connectivity index (χ1v) is 10.4. The third-order valence-corrected chi connectivity index (χ3v) is 6.41. The molecule has 2 heterocycles. The Morgan fingerprint density at radius 2 is 1.63 bits per heavy atom. The van der Waals surface area contributed by atoms with Gasteiger partial charge >= 0.3 is 0 Å². The van der Waals surface area contributed by atoms with Gasteiger partial charge in [0.1, 0.15) is 0 Å². The van der Waals surface area contributed by atoms with Crippen LogP contribution >= 0.6 is 0 Å². The Morgan fingerprint density at radius 1 is 0.926 bits per heavy atom. The molecule has 1 aliphatic heterocycles. The van der Waals surface area contributed by atoms with Crippen LogP contribution < -0.4 is 4.90 Å². The van der Waals surface area contributed by atoms with Crippen LogP contribution in [0, 0.1) is 0 Å². The number of carbonyl (C=O) groups excluding carboxylic acids is 1. The molecule has 4 heteroatoms. The number of piperidine rings is 1. The summed E-state index contributed by atoms with van der Waals surface area (Å²) in [5.41, 5.74) is 4.98. The maximum absolute atomic E-state index is 13.4. The Bertz CT molecular complexity index is 823. The van der Waals surface area contributed by atoms with Gasteiger partial charge in [0.15, 0.2) is 0 Å². The fraction of sp³-hybridized carbons (Fsp3) is 0.478. The van der Waals surface area contributed by atoms with Gasteiger partial charge in [-0.25, -0.2) is 0 Å². The summed E-state index contributed by atoms with van der Waals surface area (Å²) in [6.45, 7) is 2.02. The lowest BCUT2D eigenvalue weighted by molar-refractivity contribution is 0.0630. The molecule has 0 atom stereocenters. The molecule has 140 valence electrons. The van der Waals surface area contributed by atoms with Crippen molar-refractivity contribution in [3.05, 3.63) is 59.4 Å². The van der Waals surface area contributed by atoms with Gasteiger partial charge in [0.25, 0.3) is 5.91 Å². The minimum atomic E-state index is 0.259. The third-order valence-electron chi connectivity index (χ3n) is 6.41. The zero-order valence-electron chi connectivity index (χ0n) is 15.8. The lowest BCUT2D eigenvalue weighted by atomic mass is 10.00. The van der Waals surface area contributed by atoms with Crippen molar-refractivity contribution in [1.29, 1.82) is 0 Å². The molecule has 2 aliphatic carbocycles. The summed E-state index contributed by atoms with van der Waals surface area (Å²) in [6, 6.07) is 11.4. The molecule has 5 rings (SSSR count). The van der Waals surface area contributed by atoms with Crippen LogP contribution in [0.3, 0.4) is 0 Å². The van der Waals surface area contributed by atoms with Gasteiger partial charge < -0.3 is 9.80 Å². The maximum atomic E-state index is 13.4. The number of hydrogen-bond donors (Lipinski definition) is 0. The van der Waals surface area contributed by atoms with Crippen LogP contribution in [0.15, 0.2) is 42.7 Å². The molecule has 2 aromatic rings. The summed E-state index contributed by atoms with van der Waals surface area (Å²) in [6.07, 6.45) is 11.7. The van der Waals surface area contributed by atoms with Crippen LogP contribution in [0.2, 0.25) is 0 Å². The zero-order valence-corrected chi connectivity index (χ0v) is 15.8. The van der Waals surface area contributed by atoms with Crippen molar-refractivity contribution in [2.75, 3.05) is 18.0 Å². The second kappa shape index (κ2) is 6.99. The molecule has 1 amide bonds. The SMILES string of the molecule is O=C(c1ccc2c(c1)CCC2)N(C1CC1)C1CCN(c2ccncc2)CC1. The lowest BCUT2D eigenvalue weighted by Gasteiger charge is -2.39. The molecule has 0 N–H and O–H groups in total. The van der Waals surface area contributed by atoms with E-state index in [4.69, 9.17) is 0 Å². The van der Waals surface area contributed by atoms with Crippen molar-refractivity contribution in [2.45, 2.75) is 57.0 Å². The van der Waals surface area contributed by atoms with E-state index < -0.39 is 0 Å². The van der Waals surface area contributed by atoms with Crippen LogP contribution in [0.4, 0.5) is 5.69 Å². The van der Waals surface area contributed by atoms with Gasteiger partial charge in [-0.3, -0.25) is 9.78 Å². The predicted octanol–water partition coefficient (Wildman–Crippen LogP) is 3.84. The van der Waals surface area contributed by atoms with Crippen molar-refractivity contribution < 1.29 is 4.79 Å². The molecule has 1 saturated heterocycles. The van der Waals surface area contributed by atoms with Gasteiger partial charge in [0.05, 0.1) is 0 Å². The Kier molecular flexibility index (Phi) is 4.35. The molecular weight excluding hydrogens is 334 g/mol. The zero-order chi connectivity index (χ0) is 18.2. The topological polar surface area (TPSA) is 36.4 Å². The van der Waals surface area contributed by atoms with E-state index in [9.17, 15) is 4.79 Å². The highest BCUT2D eigenvalue weighted by Crippen LogP contribution is 2.34. The van der Waals surface area contributed by atoms with Crippen molar-refractivity contribution in [3.63, 3.8) is 0 Å².